The van der Waals surface area contributed by atoms with Gasteiger partial charge in [0, 0.05) is 25.1 Å². The van der Waals surface area contributed by atoms with E-state index in [2.05, 4.69) is 10.6 Å². The van der Waals surface area contributed by atoms with Gasteiger partial charge in [0.2, 0.25) is 5.91 Å². The fraction of sp³-hybridized carbons (Fsp3) is 0.500. The number of anilines is 1. The van der Waals surface area contributed by atoms with E-state index in [1.165, 1.54) is 14.2 Å². The summed E-state index contributed by atoms with van der Waals surface area (Å²) in [7, 11) is 3.04. The molecular formula is C14H19ClN2O4. The highest BCUT2D eigenvalue weighted by molar-refractivity contribution is 6.32. The maximum atomic E-state index is 12.1. The molecule has 7 heteroatoms. The van der Waals surface area contributed by atoms with Crippen molar-refractivity contribution in [3.05, 3.63) is 17.2 Å². The average Bonchev–Trinajstić information content (AvgIpc) is 2.48. The Balaban J connectivity index is 2.03. The third kappa shape index (κ3) is 4.23. The number of carbonyl (C=O) groups excluding carboxylic acids is 1. The first-order valence-electron chi connectivity index (χ1n) is 6.66. The largest absolute Gasteiger partial charge is 0.495 e. The molecule has 1 fully saturated rings. The number of hydrogen-bond donors (Lipinski definition) is 2. The predicted molar refractivity (Wildman–Crippen MR) is 80.4 cm³/mol. The Bertz CT molecular complexity index is 504. The highest BCUT2D eigenvalue weighted by Crippen LogP contribution is 2.35. The van der Waals surface area contributed by atoms with E-state index in [1.807, 2.05) is 0 Å². The van der Waals surface area contributed by atoms with Crippen molar-refractivity contribution in [3.63, 3.8) is 0 Å². The quantitative estimate of drug-likeness (QED) is 0.865. The van der Waals surface area contributed by atoms with Gasteiger partial charge in [-0.25, -0.2) is 0 Å². The molecule has 1 aliphatic heterocycles. The van der Waals surface area contributed by atoms with Gasteiger partial charge in [0.05, 0.1) is 38.1 Å². The summed E-state index contributed by atoms with van der Waals surface area (Å²) in [6, 6.07) is 3.28. The van der Waals surface area contributed by atoms with Crippen LogP contribution in [0.4, 0.5) is 5.69 Å². The molecule has 2 rings (SSSR count). The number of ether oxygens (including phenoxy) is 3. The van der Waals surface area contributed by atoms with E-state index >= 15 is 0 Å². The second kappa shape index (κ2) is 7.49. The van der Waals surface area contributed by atoms with Crippen molar-refractivity contribution in [2.45, 2.75) is 12.5 Å². The van der Waals surface area contributed by atoms with Gasteiger partial charge < -0.3 is 24.8 Å². The number of morpholine rings is 1. The molecular weight excluding hydrogens is 296 g/mol. The molecule has 116 valence electrons. The second-order valence-electron chi connectivity index (χ2n) is 4.67. The first-order valence-corrected chi connectivity index (χ1v) is 7.04. The zero-order valence-corrected chi connectivity index (χ0v) is 12.8. The van der Waals surface area contributed by atoms with Crippen molar-refractivity contribution >= 4 is 23.2 Å². The molecule has 1 atom stereocenters. The van der Waals surface area contributed by atoms with E-state index in [0.717, 1.165) is 6.54 Å². The van der Waals surface area contributed by atoms with Crippen molar-refractivity contribution in [1.29, 1.82) is 0 Å². The van der Waals surface area contributed by atoms with E-state index in [9.17, 15) is 4.79 Å². The topological polar surface area (TPSA) is 68.8 Å². The molecule has 0 saturated carbocycles. The zero-order valence-electron chi connectivity index (χ0n) is 12.1. The molecule has 1 heterocycles. The SMILES string of the molecule is COc1cc(OC)c(NC(=O)CC2COCCN2)cc1Cl. The molecule has 0 aromatic heterocycles. The molecule has 1 aromatic carbocycles. The lowest BCUT2D eigenvalue weighted by atomic mass is 10.2. The molecule has 2 N–H and O–H groups in total. The Labute approximate surface area is 128 Å². The van der Waals surface area contributed by atoms with Gasteiger partial charge in [0.25, 0.3) is 0 Å². The Kier molecular flexibility index (Phi) is 5.67. The van der Waals surface area contributed by atoms with Crippen molar-refractivity contribution in [2.24, 2.45) is 0 Å². The van der Waals surface area contributed by atoms with Gasteiger partial charge in [0.15, 0.2) is 0 Å². The van der Waals surface area contributed by atoms with Gasteiger partial charge in [0.1, 0.15) is 11.5 Å². The lowest BCUT2D eigenvalue weighted by Gasteiger charge is -2.23. The predicted octanol–water partition coefficient (Wildman–Crippen LogP) is 1.67. The number of nitrogens with one attached hydrogen (secondary N) is 2. The molecule has 1 aliphatic rings. The standard InChI is InChI=1S/C14H19ClN2O4/c1-19-12-7-13(20-2)11(6-10(12)15)17-14(18)5-9-8-21-4-3-16-9/h6-7,9,16H,3-5,8H2,1-2H3,(H,17,18). The van der Waals surface area contributed by atoms with Gasteiger partial charge >= 0.3 is 0 Å². The molecule has 1 saturated heterocycles. The monoisotopic (exact) mass is 314 g/mol. The minimum atomic E-state index is -0.127. The summed E-state index contributed by atoms with van der Waals surface area (Å²) in [6.07, 6.45) is 0.326. The summed E-state index contributed by atoms with van der Waals surface area (Å²) in [5.41, 5.74) is 0.519. The fourth-order valence-corrected chi connectivity index (χ4v) is 2.37. The van der Waals surface area contributed by atoms with Crippen LogP contribution in [0, 0.1) is 0 Å². The van der Waals surface area contributed by atoms with Crippen molar-refractivity contribution in [2.75, 3.05) is 39.3 Å². The third-order valence-electron chi connectivity index (χ3n) is 3.18. The molecule has 21 heavy (non-hydrogen) atoms. The summed E-state index contributed by atoms with van der Waals surface area (Å²) in [6.45, 7) is 1.98. The van der Waals surface area contributed by atoms with E-state index in [4.69, 9.17) is 25.8 Å². The van der Waals surface area contributed by atoms with E-state index in [0.29, 0.717) is 41.8 Å². The van der Waals surface area contributed by atoms with Crippen LogP contribution >= 0.6 is 11.6 Å². The summed E-state index contributed by atoms with van der Waals surface area (Å²) in [4.78, 5) is 12.1. The molecule has 0 aliphatic carbocycles. The molecule has 6 nitrogen and oxygen atoms in total. The normalized spacial score (nSPS) is 18.1. The number of amides is 1. The van der Waals surface area contributed by atoms with Crippen LogP contribution in [0.1, 0.15) is 6.42 Å². The van der Waals surface area contributed by atoms with Crippen molar-refractivity contribution < 1.29 is 19.0 Å². The van der Waals surface area contributed by atoms with Crippen LogP contribution in [0.15, 0.2) is 12.1 Å². The summed E-state index contributed by atoms with van der Waals surface area (Å²) >= 11 is 6.07. The zero-order chi connectivity index (χ0) is 15.2. The molecule has 0 bridgehead atoms. The van der Waals surface area contributed by atoms with Crippen LogP contribution in [0.5, 0.6) is 11.5 Å². The van der Waals surface area contributed by atoms with Crippen LogP contribution in [0.2, 0.25) is 5.02 Å². The Morgan fingerprint density at radius 2 is 2.19 bits per heavy atom. The number of carbonyl (C=O) groups is 1. The lowest BCUT2D eigenvalue weighted by Crippen LogP contribution is -2.43. The van der Waals surface area contributed by atoms with Gasteiger partial charge in [-0.05, 0) is 6.07 Å². The minimum Gasteiger partial charge on any atom is -0.495 e. The number of methoxy groups -OCH3 is 2. The van der Waals surface area contributed by atoms with Crippen LogP contribution in [-0.4, -0.2) is 45.9 Å². The van der Waals surface area contributed by atoms with E-state index < -0.39 is 0 Å². The number of rotatable bonds is 5. The number of halogens is 1. The number of benzene rings is 1. The van der Waals surface area contributed by atoms with Crippen molar-refractivity contribution in [1.82, 2.24) is 5.32 Å². The van der Waals surface area contributed by atoms with Crippen molar-refractivity contribution in [3.8, 4) is 11.5 Å². The summed E-state index contributed by atoms with van der Waals surface area (Å²) in [5.74, 6) is 0.865. The molecule has 1 amide bonds. The molecule has 1 unspecified atom stereocenters. The smallest absolute Gasteiger partial charge is 0.226 e. The van der Waals surface area contributed by atoms with E-state index in [-0.39, 0.29) is 11.9 Å². The average molecular weight is 315 g/mol. The van der Waals surface area contributed by atoms with E-state index in [1.54, 1.807) is 12.1 Å². The van der Waals surface area contributed by atoms with Crippen LogP contribution in [0.3, 0.4) is 0 Å². The van der Waals surface area contributed by atoms with Gasteiger partial charge in [-0.1, -0.05) is 11.6 Å². The first-order chi connectivity index (χ1) is 10.1. The molecule has 1 aromatic rings. The fourth-order valence-electron chi connectivity index (χ4n) is 2.13. The Morgan fingerprint density at radius 1 is 1.43 bits per heavy atom. The summed E-state index contributed by atoms with van der Waals surface area (Å²) < 4.78 is 15.7. The second-order valence-corrected chi connectivity index (χ2v) is 5.07. The minimum absolute atomic E-state index is 0.0264. The van der Waals surface area contributed by atoms with Gasteiger partial charge in [-0.3, -0.25) is 4.79 Å². The summed E-state index contributed by atoms with van der Waals surface area (Å²) in [5, 5.41) is 6.44. The first kappa shape index (κ1) is 15.9. The van der Waals surface area contributed by atoms with Crippen LogP contribution in [0.25, 0.3) is 0 Å². The maximum absolute atomic E-state index is 12.1. The van der Waals surface area contributed by atoms with Gasteiger partial charge in [-0.2, -0.15) is 0 Å². The van der Waals surface area contributed by atoms with Crippen LogP contribution in [-0.2, 0) is 9.53 Å². The highest BCUT2D eigenvalue weighted by atomic mass is 35.5. The Hall–Kier alpha value is -1.50. The highest BCUT2D eigenvalue weighted by Gasteiger charge is 2.18. The maximum Gasteiger partial charge on any atom is 0.226 e. The molecule has 0 radical (unpaired) electrons. The number of hydrogen-bond acceptors (Lipinski definition) is 5. The van der Waals surface area contributed by atoms with Crippen LogP contribution < -0.4 is 20.1 Å². The molecule has 0 spiro atoms. The Morgan fingerprint density at radius 3 is 2.81 bits per heavy atom. The lowest BCUT2D eigenvalue weighted by molar-refractivity contribution is -0.117. The van der Waals surface area contributed by atoms with Gasteiger partial charge in [-0.15, -0.1) is 0 Å². The third-order valence-corrected chi connectivity index (χ3v) is 3.47.